The molecule has 3 heterocycles. The maximum absolute atomic E-state index is 12.9. The van der Waals surface area contributed by atoms with Crippen LogP contribution >= 0.6 is 11.3 Å². The molecule has 2 aromatic heterocycles. The van der Waals surface area contributed by atoms with Crippen LogP contribution in [0.4, 0.5) is 5.82 Å². The van der Waals surface area contributed by atoms with Gasteiger partial charge in [-0.25, -0.2) is 14.8 Å². The lowest BCUT2D eigenvalue weighted by molar-refractivity contribution is -0.128. The van der Waals surface area contributed by atoms with Crippen molar-refractivity contribution in [3.63, 3.8) is 0 Å². The molecular formula is C22H24N4O3S. The van der Waals surface area contributed by atoms with Gasteiger partial charge in [0.15, 0.2) is 0 Å². The molecule has 0 spiro atoms. The van der Waals surface area contributed by atoms with Crippen molar-refractivity contribution in [1.29, 1.82) is 0 Å². The number of thiophene rings is 1. The molecule has 7 nitrogen and oxygen atoms in total. The van der Waals surface area contributed by atoms with E-state index < -0.39 is 0 Å². The number of hydrogen-bond donors (Lipinski definition) is 1. The Morgan fingerprint density at radius 3 is 2.77 bits per heavy atom. The van der Waals surface area contributed by atoms with Crippen molar-refractivity contribution in [2.24, 2.45) is 0 Å². The molecule has 0 bridgehead atoms. The van der Waals surface area contributed by atoms with Gasteiger partial charge in [-0.15, -0.1) is 11.3 Å². The quantitative estimate of drug-likeness (QED) is 0.608. The molecule has 30 heavy (non-hydrogen) atoms. The number of anilines is 1. The lowest BCUT2D eigenvalue weighted by atomic mass is 10.1. The molecule has 4 rings (SSSR count). The fourth-order valence-electron chi connectivity index (χ4n) is 3.68. The first-order chi connectivity index (χ1) is 14.5. The topological polar surface area (TPSA) is 84.4 Å². The summed E-state index contributed by atoms with van der Waals surface area (Å²) in [4.78, 5) is 36.9. The summed E-state index contributed by atoms with van der Waals surface area (Å²) in [6.45, 7) is 7.29. The van der Waals surface area contributed by atoms with Crippen LogP contribution in [0.1, 0.15) is 39.7 Å². The van der Waals surface area contributed by atoms with Crippen LogP contribution < -0.4 is 5.32 Å². The lowest BCUT2D eigenvalue weighted by Gasteiger charge is -2.18. The maximum atomic E-state index is 12.9. The smallest absolute Gasteiger partial charge is 0.348 e. The van der Waals surface area contributed by atoms with Crippen LogP contribution in [0.15, 0.2) is 30.6 Å². The first-order valence-corrected chi connectivity index (χ1v) is 10.8. The predicted molar refractivity (Wildman–Crippen MR) is 117 cm³/mol. The Morgan fingerprint density at radius 2 is 2.03 bits per heavy atom. The van der Waals surface area contributed by atoms with Crippen molar-refractivity contribution in [1.82, 2.24) is 14.9 Å². The first kappa shape index (κ1) is 20.3. The highest BCUT2D eigenvalue weighted by Gasteiger charge is 2.32. The van der Waals surface area contributed by atoms with Gasteiger partial charge in [-0.05, 0) is 38.3 Å². The van der Waals surface area contributed by atoms with E-state index in [2.05, 4.69) is 39.6 Å². The van der Waals surface area contributed by atoms with E-state index in [-0.39, 0.29) is 17.9 Å². The molecule has 1 amide bonds. The van der Waals surface area contributed by atoms with Crippen LogP contribution in [0, 0.1) is 13.8 Å². The van der Waals surface area contributed by atoms with E-state index in [4.69, 9.17) is 4.74 Å². The number of nitrogens with one attached hydrogen (secondary N) is 1. The third kappa shape index (κ3) is 3.87. The summed E-state index contributed by atoms with van der Waals surface area (Å²) in [5, 5.41) is 4.07. The van der Waals surface area contributed by atoms with Crippen molar-refractivity contribution in [3.8, 4) is 0 Å². The van der Waals surface area contributed by atoms with Gasteiger partial charge in [-0.1, -0.05) is 29.8 Å². The summed E-state index contributed by atoms with van der Waals surface area (Å²) in [5.74, 6) is 0.283. The Hall–Kier alpha value is -3.00. The Labute approximate surface area is 179 Å². The van der Waals surface area contributed by atoms with Crippen molar-refractivity contribution in [3.05, 3.63) is 52.2 Å². The molecule has 156 valence electrons. The zero-order valence-corrected chi connectivity index (χ0v) is 18.1. The van der Waals surface area contributed by atoms with E-state index in [1.54, 1.807) is 6.92 Å². The summed E-state index contributed by atoms with van der Waals surface area (Å²) >= 11 is 1.29. The van der Waals surface area contributed by atoms with Crippen molar-refractivity contribution in [2.75, 3.05) is 18.5 Å². The van der Waals surface area contributed by atoms with Gasteiger partial charge in [0.25, 0.3) is 0 Å². The molecule has 1 unspecified atom stereocenters. The summed E-state index contributed by atoms with van der Waals surface area (Å²) < 4.78 is 5.15. The Bertz CT molecular complexity index is 1090. The molecule has 1 aliphatic heterocycles. The second-order valence-corrected chi connectivity index (χ2v) is 8.41. The number of aryl methyl sites for hydroxylation is 2. The van der Waals surface area contributed by atoms with E-state index in [1.165, 1.54) is 23.2 Å². The summed E-state index contributed by atoms with van der Waals surface area (Å²) in [6.07, 6.45) is 2.16. The summed E-state index contributed by atoms with van der Waals surface area (Å²) in [5.41, 5.74) is 3.09. The fourth-order valence-corrected chi connectivity index (χ4v) is 4.72. The number of hydrogen-bond acceptors (Lipinski definition) is 7. The Kier molecular flexibility index (Phi) is 5.67. The molecule has 3 aromatic rings. The maximum Gasteiger partial charge on any atom is 0.348 e. The Morgan fingerprint density at radius 1 is 1.27 bits per heavy atom. The van der Waals surface area contributed by atoms with Crippen molar-refractivity contribution >= 4 is 39.2 Å². The highest BCUT2D eigenvalue weighted by atomic mass is 32.1. The van der Waals surface area contributed by atoms with E-state index in [9.17, 15) is 9.59 Å². The van der Waals surface area contributed by atoms with Crippen LogP contribution in [0.3, 0.4) is 0 Å². The standard InChI is InChI=1S/C22H24N4O3S/c1-4-29-22(28)18-14(3)17-19(23-12-24-20(17)30-18)25-16-9-10-26(21(16)27)11-15-7-5-13(2)6-8-15/h5-8,12,16H,4,9-11H2,1-3H3,(H,23,24,25). The van der Waals surface area contributed by atoms with E-state index in [0.717, 1.165) is 16.5 Å². The highest BCUT2D eigenvalue weighted by molar-refractivity contribution is 7.20. The molecule has 1 aliphatic rings. The number of ether oxygens (including phenoxy) is 1. The van der Waals surface area contributed by atoms with Crippen LogP contribution in [-0.4, -0.2) is 45.9 Å². The number of likely N-dealkylation sites (tertiary alicyclic amines) is 1. The van der Waals surface area contributed by atoms with Gasteiger partial charge in [-0.3, -0.25) is 4.79 Å². The third-order valence-corrected chi connectivity index (χ3v) is 6.47. The summed E-state index contributed by atoms with van der Waals surface area (Å²) in [7, 11) is 0. The van der Waals surface area contributed by atoms with Gasteiger partial charge in [0.1, 0.15) is 27.9 Å². The van der Waals surface area contributed by atoms with Crippen LogP contribution in [0.25, 0.3) is 10.2 Å². The first-order valence-electron chi connectivity index (χ1n) is 10.00. The van der Waals surface area contributed by atoms with Gasteiger partial charge in [0.05, 0.1) is 12.0 Å². The SMILES string of the molecule is CCOC(=O)c1sc2ncnc(NC3CCN(Cc4ccc(C)cc4)C3=O)c2c1C. The molecule has 0 aliphatic carbocycles. The van der Waals surface area contributed by atoms with E-state index in [1.807, 2.05) is 18.7 Å². The van der Waals surface area contributed by atoms with Gasteiger partial charge >= 0.3 is 5.97 Å². The summed E-state index contributed by atoms with van der Waals surface area (Å²) in [6, 6.07) is 7.89. The molecular weight excluding hydrogens is 400 g/mol. The number of fused-ring (bicyclic) bond motifs is 1. The second kappa shape index (κ2) is 8.39. The van der Waals surface area contributed by atoms with Crippen molar-refractivity contribution < 1.29 is 14.3 Å². The second-order valence-electron chi connectivity index (χ2n) is 7.41. The van der Waals surface area contributed by atoms with Crippen LogP contribution in [-0.2, 0) is 16.1 Å². The molecule has 0 saturated carbocycles. The minimum Gasteiger partial charge on any atom is -0.462 e. The number of benzene rings is 1. The van der Waals surface area contributed by atoms with E-state index in [0.29, 0.717) is 41.6 Å². The molecule has 1 fully saturated rings. The van der Waals surface area contributed by atoms with Crippen LogP contribution in [0.2, 0.25) is 0 Å². The third-order valence-electron chi connectivity index (χ3n) is 5.29. The molecule has 1 saturated heterocycles. The zero-order chi connectivity index (χ0) is 21.3. The zero-order valence-electron chi connectivity index (χ0n) is 17.3. The molecule has 0 radical (unpaired) electrons. The molecule has 1 atom stereocenters. The number of aromatic nitrogens is 2. The number of carbonyl (C=O) groups is 2. The Balaban J connectivity index is 1.53. The lowest BCUT2D eigenvalue weighted by Crippen LogP contribution is -2.33. The average molecular weight is 425 g/mol. The molecule has 1 N–H and O–H groups in total. The van der Waals surface area contributed by atoms with Gasteiger partial charge in [0, 0.05) is 13.1 Å². The number of carbonyl (C=O) groups excluding carboxylic acids is 2. The number of nitrogens with zero attached hydrogens (tertiary/aromatic N) is 3. The van der Waals surface area contributed by atoms with Crippen LogP contribution in [0.5, 0.6) is 0 Å². The fraction of sp³-hybridized carbons (Fsp3) is 0.364. The van der Waals surface area contributed by atoms with Gasteiger partial charge in [0.2, 0.25) is 5.91 Å². The van der Waals surface area contributed by atoms with Crippen molar-refractivity contribution in [2.45, 2.75) is 39.8 Å². The van der Waals surface area contributed by atoms with Gasteiger partial charge in [-0.2, -0.15) is 0 Å². The average Bonchev–Trinajstić information content (AvgIpc) is 3.25. The van der Waals surface area contributed by atoms with Gasteiger partial charge < -0.3 is 15.0 Å². The normalized spacial score (nSPS) is 16.3. The largest absolute Gasteiger partial charge is 0.462 e. The van der Waals surface area contributed by atoms with E-state index >= 15 is 0 Å². The monoisotopic (exact) mass is 424 g/mol. The minimum atomic E-state index is -0.356. The predicted octanol–water partition coefficient (Wildman–Crippen LogP) is 3.70. The molecule has 1 aromatic carbocycles. The molecule has 8 heteroatoms. The highest BCUT2D eigenvalue weighted by Crippen LogP contribution is 2.34. The minimum absolute atomic E-state index is 0.0563. The number of esters is 1. The number of rotatable bonds is 6. The number of amides is 1.